The summed E-state index contributed by atoms with van der Waals surface area (Å²) in [7, 11) is 0. The fourth-order valence-corrected chi connectivity index (χ4v) is 9.75. The molecule has 4 atom stereocenters. The number of hydrogen-bond acceptors (Lipinski definition) is 8. The molecule has 1 spiro atoms. The van der Waals surface area contributed by atoms with E-state index in [0.29, 0.717) is 45.5 Å². The Morgan fingerprint density at radius 1 is 0.774 bits per heavy atom. The third kappa shape index (κ3) is 7.04. The van der Waals surface area contributed by atoms with Gasteiger partial charge < -0.3 is 29.1 Å². The van der Waals surface area contributed by atoms with E-state index in [9.17, 15) is 19.5 Å². The lowest BCUT2D eigenvalue weighted by Crippen LogP contribution is -2.45. The van der Waals surface area contributed by atoms with Gasteiger partial charge in [-0.05, 0) is 79.6 Å². The van der Waals surface area contributed by atoms with Gasteiger partial charge in [-0.1, -0.05) is 73.7 Å². The Bertz CT molecular complexity index is 2550. The number of carbonyl (C=O) groups is 4. The molecule has 0 bridgehead atoms. The molecule has 0 aliphatic carbocycles. The van der Waals surface area contributed by atoms with E-state index in [4.69, 9.17) is 14.2 Å². The molecule has 4 aliphatic rings. The number of fused-ring (bicyclic) bond motifs is 4. The van der Waals surface area contributed by atoms with Crippen molar-refractivity contribution in [3.8, 4) is 11.5 Å². The smallest absolute Gasteiger partial charge is 0.269 e. The van der Waals surface area contributed by atoms with Crippen LogP contribution in [0.4, 0.5) is 32.8 Å². The van der Waals surface area contributed by atoms with Gasteiger partial charge in [-0.3, -0.25) is 29.0 Å². The Kier molecular flexibility index (Phi) is 10.6. The summed E-state index contributed by atoms with van der Waals surface area (Å²) in [5.74, 6) is -1.88. The summed E-state index contributed by atoms with van der Waals surface area (Å²) in [4.78, 5) is 62.6. The quantitative estimate of drug-likeness (QED) is 0.146. The summed E-state index contributed by atoms with van der Waals surface area (Å²) in [6.45, 7) is 4.52. The Hall–Kier alpha value is -6.57. The third-order valence-electron chi connectivity index (χ3n) is 12.5. The lowest BCUT2D eigenvalue weighted by Gasteiger charge is -2.33. The molecule has 4 aliphatic heterocycles. The molecule has 1 N–H and O–H groups in total. The molecule has 0 unspecified atom stereocenters. The van der Waals surface area contributed by atoms with Crippen LogP contribution in [0.15, 0.2) is 121 Å². The van der Waals surface area contributed by atoms with E-state index >= 15 is 9.18 Å². The van der Waals surface area contributed by atoms with Gasteiger partial charge in [0.25, 0.3) is 17.7 Å². The van der Waals surface area contributed by atoms with Gasteiger partial charge in [-0.25, -0.2) is 4.39 Å². The number of nitrogens with zero attached hydrogens (tertiary/aromatic N) is 4. The monoisotopic (exact) mass is 838 g/mol. The van der Waals surface area contributed by atoms with Crippen LogP contribution in [-0.2, 0) is 42.6 Å². The number of aliphatic hydroxyl groups is 1. The van der Waals surface area contributed by atoms with E-state index < -0.39 is 35.1 Å². The summed E-state index contributed by atoms with van der Waals surface area (Å²) < 4.78 is 35.1. The molecule has 1 fully saturated rings. The molecule has 1 saturated heterocycles. The van der Waals surface area contributed by atoms with Crippen LogP contribution < -0.4 is 24.2 Å². The third-order valence-corrected chi connectivity index (χ3v) is 12.5. The van der Waals surface area contributed by atoms with Crippen LogP contribution in [0.5, 0.6) is 11.5 Å². The van der Waals surface area contributed by atoms with Crippen LogP contribution in [0, 0.1) is 11.8 Å². The number of benzene rings is 5. The van der Waals surface area contributed by atoms with Crippen LogP contribution in [-0.4, -0.2) is 71.8 Å². The second-order valence-electron chi connectivity index (χ2n) is 16.7. The van der Waals surface area contributed by atoms with Gasteiger partial charge in [0.15, 0.2) is 18.8 Å². The standard InChI is InChI=1S/C49H47FN4O8/c1-31-46(48(2,3)50)42(26-43(56)51(23-24-55)27-32-11-5-4-6-12-32)62-49(31)36-25-35(54-39-14-8-10-16-41(39)61-30-45(54)58)21-22-37(36)52(47(49)59)28-33-17-19-34(20-18-33)53-38-13-7-9-15-40(38)60-29-44(53)57/h4-22,25,31,42,46,55H,23-24,26-30H2,1-3H3/t31-,42+,46-,49+/m0/s1. The molecule has 4 amide bonds. The summed E-state index contributed by atoms with van der Waals surface area (Å²) in [6.07, 6.45) is -1.27. The minimum atomic E-state index is -1.90. The van der Waals surface area contributed by atoms with Crippen LogP contribution in [0.3, 0.4) is 0 Å². The number of rotatable bonds is 11. The second-order valence-corrected chi connectivity index (χ2v) is 16.7. The Labute approximate surface area is 359 Å². The van der Waals surface area contributed by atoms with Gasteiger partial charge in [0.1, 0.15) is 17.2 Å². The normalized spacial score (nSPS) is 21.7. The van der Waals surface area contributed by atoms with Gasteiger partial charge in [-0.2, -0.15) is 0 Å². The molecule has 4 heterocycles. The van der Waals surface area contributed by atoms with Crippen molar-refractivity contribution in [3.63, 3.8) is 0 Å². The van der Waals surface area contributed by atoms with Crippen molar-refractivity contribution in [2.24, 2.45) is 11.8 Å². The molecule has 0 saturated carbocycles. The van der Waals surface area contributed by atoms with Gasteiger partial charge in [-0.15, -0.1) is 0 Å². The molecule has 318 valence electrons. The highest BCUT2D eigenvalue weighted by atomic mass is 19.1. The maximum absolute atomic E-state index is 16.8. The number of para-hydroxylation sites is 4. The molecule has 0 aromatic heterocycles. The fraction of sp³-hybridized carbons (Fsp3) is 0.306. The predicted molar refractivity (Wildman–Crippen MR) is 230 cm³/mol. The van der Waals surface area contributed by atoms with Gasteiger partial charge in [0, 0.05) is 41.9 Å². The van der Waals surface area contributed by atoms with Crippen molar-refractivity contribution in [2.45, 2.75) is 57.7 Å². The van der Waals surface area contributed by atoms with Crippen molar-refractivity contribution in [2.75, 3.05) is 41.1 Å². The SMILES string of the molecule is C[C@H]1[C@H](C(C)(C)F)[C@@H](CC(=O)N(CCO)Cc2ccccc2)O[C@]12C(=O)N(Cc1ccc(N3C(=O)COc4ccccc43)cc1)c1ccc(N3C(=O)COc4ccccc43)cc12. The molecule has 12 nitrogen and oxygen atoms in total. The zero-order valence-corrected chi connectivity index (χ0v) is 34.7. The second kappa shape index (κ2) is 16.0. The number of carbonyl (C=O) groups excluding carboxylic acids is 4. The van der Waals surface area contributed by atoms with Crippen molar-refractivity contribution >= 4 is 52.1 Å². The van der Waals surface area contributed by atoms with Crippen molar-refractivity contribution in [1.82, 2.24) is 4.90 Å². The number of ether oxygens (including phenoxy) is 3. The van der Waals surface area contributed by atoms with Gasteiger partial charge >= 0.3 is 0 Å². The predicted octanol–water partition coefficient (Wildman–Crippen LogP) is 7.35. The maximum Gasteiger partial charge on any atom is 0.269 e. The Morgan fingerprint density at radius 3 is 1.97 bits per heavy atom. The van der Waals surface area contributed by atoms with Crippen LogP contribution in [0.1, 0.15) is 43.9 Å². The van der Waals surface area contributed by atoms with E-state index in [1.165, 1.54) is 18.7 Å². The minimum Gasteiger partial charge on any atom is -0.482 e. The number of halogens is 1. The highest BCUT2D eigenvalue weighted by Crippen LogP contribution is 2.59. The average molecular weight is 839 g/mol. The summed E-state index contributed by atoms with van der Waals surface area (Å²) in [6, 6.07) is 36.6. The molecular formula is C49H47FN4O8. The molecule has 62 heavy (non-hydrogen) atoms. The van der Waals surface area contributed by atoms with Crippen LogP contribution in [0.25, 0.3) is 0 Å². The molecular weight excluding hydrogens is 792 g/mol. The Morgan fingerprint density at radius 2 is 1.35 bits per heavy atom. The number of amides is 4. The highest BCUT2D eigenvalue weighted by molar-refractivity contribution is 6.10. The first kappa shape index (κ1) is 40.8. The van der Waals surface area contributed by atoms with Gasteiger partial charge in [0.05, 0.1) is 42.7 Å². The number of hydrogen-bond donors (Lipinski definition) is 1. The number of aliphatic hydroxyl groups excluding tert-OH is 1. The Balaban J connectivity index is 1.10. The largest absolute Gasteiger partial charge is 0.482 e. The highest BCUT2D eigenvalue weighted by Gasteiger charge is 2.66. The number of anilines is 5. The zero-order valence-electron chi connectivity index (χ0n) is 34.7. The first-order valence-electron chi connectivity index (χ1n) is 20.8. The summed E-state index contributed by atoms with van der Waals surface area (Å²) in [5.41, 5.74) is 1.23. The van der Waals surface area contributed by atoms with Crippen LogP contribution in [0.2, 0.25) is 0 Å². The van der Waals surface area contributed by atoms with Gasteiger partial charge in [0.2, 0.25) is 5.91 Å². The van der Waals surface area contributed by atoms with E-state index in [1.54, 1.807) is 52.0 Å². The fourth-order valence-electron chi connectivity index (χ4n) is 9.75. The van der Waals surface area contributed by atoms with E-state index in [-0.39, 0.29) is 63.6 Å². The van der Waals surface area contributed by atoms with E-state index in [1.807, 2.05) is 91.0 Å². The zero-order chi connectivity index (χ0) is 43.3. The minimum absolute atomic E-state index is 0.0593. The molecule has 5 aromatic carbocycles. The maximum atomic E-state index is 16.8. The van der Waals surface area contributed by atoms with Crippen molar-refractivity contribution < 1.29 is 42.9 Å². The topological polar surface area (TPSA) is 129 Å². The summed E-state index contributed by atoms with van der Waals surface area (Å²) in [5, 5.41) is 9.96. The van der Waals surface area contributed by atoms with E-state index in [2.05, 4.69) is 0 Å². The summed E-state index contributed by atoms with van der Waals surface area (Å²) >= 11 is 0. The lowest BCUT2D eigenvalue weighted by atomic mass is 9.71. The van der Waals surface area contributed by atoms with Crippen molar-refractivity contribution in [1.29, 1.82) is 0 Å². The first-order chi connectivity index (χ1) is 29.9. The number of alkyl halides is 1. The van der Waals surface area contributed by atoms with E-state index in [0.717, 1.165) is 11.1 Å². The average Bonchev–Trinajstić information content (AvgIpc) is 3.69. The lowest BCUT2D eigenvalue weighted by molar-refractivity contribution is -0.150. The first-order valence-corrected chi connectivity index (χ1v) is 20.8. The molecule has 13 heteroatoms. The van der Waals surface area contributed by atoms with Crippen LogP contribution >= 0.6 is 0 Å². The molecule has 0 radical (unpaired) electrons. The van der Waals surface area contributed by atoms with Crippen molar-refractivity contribution in [3.05, 3.63) is 138 Å². The molecule has 5 aromatic rings. The molecule has 9 rings (SSSR count).